The van der Waals surface area contributed by atoms with E-state index in [4.69, 9.17) is 17.3 Å². The van der Waals surface area contributed by atoms with Gasteiger partial charge in [-0.25, -0.2) is 4.98 Å². The zero-order valence-electron chi connectivity index (χ0n) is 9.45. The Labute approximate surface area is 114 Å². The molecule has 3 rings (SSSR count). The number of halogens is 1. The molecule has 2 heterocycles. The molecule has 0 saturated carbocycles. The Morgan fingerprint density at radius 3 is 2.78 bits per heavy atom. The number of anilines is 1. The molecule has 0 spiro atoms. The molecule has 0 aliphatic carbocycles. The number of nitrogens with zero attached hydrogens (tertiary/aromatic N) is 3. The highest BCUT2D eigenvalue weighted by Gasteiger charge is 2.30. The summed E-state index contributed by atoms with van der Waals surface area (Å²) >= 11 is 7.41. The molecular weight excluding hydrogens is 268 g/mol. The average molecular weight is 279 g/mol. The van der Waals surface area contributed by atoms with Crippen LogP contribution in [0.25, 0.3) is 0 Å². The summed E-state index contributed by atoms with van der Waals surface area (Å²) in [7, 11) is 0. The van der Waals surface area contributed by atoms with Gasteiger partial charge in [0.15, 0.2) is 5.96 Å². The van der Waals surface area contributed by atoms with Crippen LogP contribution < -0.4 is 10.6 Å². The Bertz CT molecular complexity index is 581. The molecule has 1 aromatic heterocycles. The monoisotopic (exact) mass is 278 g/mol. The summed E-state index contributed by atoms with van der Waals surface area (Å²) < 4.78 is 0.684. The largest absolute Gasteiger partial charge is 0.369 e. The smallest absolute Gasteiger partial charge is 0.196 e. The van der Waals surface area contributed by atoms with E-state index < -0.39 is 0 Å². The second-order valence-electron chi connectivity index (χ2n) is 3.92. The lowest BCUT2D eigenvalue weighted by molar-refractivity contribution is 0.760. The highest BCUT2D eigenvalue weighted by Crippen LogP contribution is 2.34. The lowest BCUT2D eigenvalue weighted by atomic mass is 10.2. The van der Waals surface area contributed by atoms with Crippen LogP contribution in [0.15, 0.2) is 41.5 Å². The lowest BCUT2D eigenvalue weighted by Crippen LogP contribution is -2.36. The molecule has 0 fully saturated rings. The van der Waals surface area contributed by atoms with E-state index in [-0.39, 0.29) is 6.04 Å². The number of nitrogens with two attached hydrogens (primary N) is 1. The van der Waals surface area contributed by atoms with Crippen molar-refractivity contribution < 1.29 is 0 Å². The van der Waals surface area contributed by atoms with Gasteiger partial charge in [-0.3, -0.25) is 4.99 Å². The number of rotatable bonds is 2. The number of aromatic nitrogens is 1. The van der Waals surface area contributed by atoms with Crippen LogP contribution in [0.2, 0.25) is 4.34 Å². The predicted octanol–water partition coefficient (Wildman–Crippen LogP) is 2.67. The molecule has 4 nitrogen and oxygen atoms in total. The molecule has 1 unspecified atom stereocenters. The third kappa shape index (κ3) is 1.95. The van der Waals surface area contributed by atoms with Crippen molar-refractivity contribution in [3.8, 4) is 0 Å². The first-order chi connectivity index (χ1) is 8.75. The number of thiazole rings is 1. The maximum Gasteiger partial charge on any atom is 0.196 e. The number of aliphatic imine (C=N–C) groups is 1. The first-order valence-electron chi connectivity index (χ1n) is 5.51. The zero-order chi connectivity index (χ0) is 12.5. The van der Waals surface area contributed by atoms with Crippen molar-refractivity contribution in [3.63, 3.8) is 0 Å². The maximum atomic E-state index is 5.97. The Hall–Kier alpha value is -1.59. The number of hydrogen-bond donors (Lipinski definition) is 1. The van der Waals surface area contributed by atoms with E-state index in [9.17, 15) is 0 Å². The van der Waals surface area contributed by atoms with Gasteiger partial charge in [-0.2, -0.15) is 0 Å². The number of para-hydroxylation sites is 1. The lowest BCUT2D eigenvalue weighted by Gasteiger charge is -2.24. The fourth-order valence-corrected chi connectivity index (χ4v) is 3.02. The molecule has 1 aliphatic heterocycles. The molecule has 0 saturated heterocycles. The van der Waals surface area contributed by atoms with Crippen molar-refractivity contribution in [1.29, 1.82) is 0 Å². The maximum absolute atomic E-state index is 5.97. The minimum absolute atomic E-state index is 0.0462. The van der Waals surface area contributed by atoms with Gasteiger partial charge < -0.3 is 10.6 Å². The summed E-state index contributed by atoms with van der Waals surface area (Å²) in [6.45, 7) is 0.616. The summed E-state index contributed by atoms with van der Waals surface area (Å²) in [6.07, 6.45) is 1.67. The average Bonchev–Trinajstić information content (AvgIpc) is 2.96. The first-order valence-corrected chi connectivity index (χ1v) is 6.70. The topological polar surface area (TPSA) is 54.5 Å². The summed E-state index contributed by atoms with van der Waals surface area (Å²) in [4.78, 5) is 10.6. The second-order valence-corrected chi connectivity index (χ2v) is 5.62. The van der Waals surface area contributed by atoms with Crippen LogP contribution in [0, 0.1) is 0 Å². The van der Waals surface area contributed by atoms with Gasteiger partial charge in [-0.05, 0) is 12.1 Å². The second kappa shape index (κ2) is 4.59. The minimum atomic E-state index is 0.0462. The van der Waals surface area contributed by atoms with Crippen LogP contribution in [-0.4, -0.2) is 17.5 Å². The summed E-state index contributed by atoms with van der Waals surface area (Å²) in [5.41, 5.74) is 6.99. The standard InChI is InChI=1S/C12H11ClN4S/c13-10-7-15-11(18-10)9-6-16-12(14)17(9)8-4-2-1-3-5-8/h1-5,7,9H,6H2,(H2,14,16). The molecule has 92 valence electrons. The van der Waals surface area contributed by atoms with Crippen molar-refractivity contribution in [2.45, 2.75) is 6.04 Å². The molecule has 0 bridgehead atoms. The van der Waals surface area contributed by atoms with Crippen molar-refractivity contribution in [3.05, 3.63) is 45.9 Å². The van der Waals surface area contributed by atoms with Crippen molar-refractivity contribution in [1.82, 2.24) is 4.98 Å². The van der Waals surface area contributed by atoms with Crippen molar-refractivity contribution in [2.75, 3.05) is 11.4 Å². The molecule has 1 atom stereocenters. The predicted molar refractivity (Wildman–Crippen MR) is 75.3 cm³/mol. The van der Waals surface area contributed by atoms with Gasteiger partial charge >= 0.3 is 0 Å². The van der Waals surface area contributed by atoms with E-state index >= 15 is 0 Å². The van der Waals surface area contributed by atoms with E-state index in [0.717, 1.165) is 10.7 Å². The Balaban J connectivity index is 1.97. The molecule has 6 heteroatoms. The molecule has 1 aliphatic rings. The van der Waals surface area contributed by atoms with Crippen LogP contribution >= 0.6 is 22.9 Å². The van der Waals surface area contributed by atoms with Crippen LogP contribution in [0.3, 0.4) is 0 Å². The molecular formula is C12H11ClN4S. The highest BCUT2D eigenvalue weighted by molar-refractivity contribution is 7.15. The molecule has 1 aromatic carbocycles. The van der Waals surface area contributed by atoms with E-state index in [0.29, 0.717) is 16.8 Å². The van der Waals surface area contributed by atoms with Gasteiger partial charge in [0.05, 0.1) is 12.7 Å². The molecule has 2 N–H and O–H groups in total. The van der Waals surface area contributed by atoms with Crippen LogP contribution in [0.4, 0.5) is 5.69 Å². The third-order valence-electron chi connectivity index (χ3n) is 2.80. The van der Waals surface area contributed by atoms with Crippen LogP contribution in [0.5, 0.6) is 0 Å². The van der Waals surface area contributed by atoms with E-state index in [2.05, 4.69) is 9.98 Å². The third-order valence-corrected chi connectivity index (χ3v) is 4.02. The van der Waals surface area contributed by atoms with Gasteiger partial charge in [0.2, 0.25) is 0 Å². The Morgan fingerprint density at radius 2 is 2.11 bits per heavy atom. The molecule has 0 amide bonds. The molecule has 2 aromatic rings. The quantitative estimate of drug-likeness (QED) is 0.919. The van der Waals surface area contributed by atoms with Crippen molar-refractivity contribution in [2.24, 2.45) is 10.7 Å². The van der Waals surface area contributed by atoms with Gasteiger partial charge in [0.25, 0.3) is 0 Å². The number of hydrogen-bond acceptors (Lipinski definition) is 5. The molecule has 18 heavy (non-hydrogen) atoms. The summed E-state index contributed by atoms with van der Waals surface area (Å²) in [6, 6.07) is 10.00. The SMILES string of the molecule is NC1=NCC(c2ncc(Cl)s2)N1c1ccccc1. The van der Waals surface area contributed by atoms with E-state index in [1.54, 1.807) is 6.20 Å². The summed E-state index contributed by atoms with van der Waals surface area (Å²) in [5.74, 6) is 0.525. The van der Waals surface area contributed by atoms with Crippen LogP contribution in [-0.2, 0) is 0 Å². The zero-order valence-corrected chi connectivity index (χ0v) is 11.0. The Morgan fingerprint density at radius 1 is 1.33 bits per heavy atom. The highest BCUT2D eigenvalue weighted by atomic mass is 35.5. The number of benzene rings is 1. The van der Waals surface area contributed by atoms with Crippen LogP contribution in [0.1, 0.15) is 11.0 Å². The van der Waals surface area contributed by atoms with E-state index in [1.165, 1.54) is 11.3 Å². The van der Waals surface area contributed by atoms with Gasteiger partial charge in [0, 0.05) is 5.69 Å². The van der Waals surface area contributed by atoms with Crippen molar-refractivity contribution >= 4 is 34.6 Å². The number of guanidine groups is 1. The fourth-order valence-electron chi connectivity index (χ4n) is 2.01. The van der Waals surface area contributed by atoms with Gasteiger partial charge in [-0.15, -0.1) is 11.3 Å². The molecule has 0 radical (unpaired) electrons. The summed E-state index contributed by atoms with van der Waals surface area (Å²) in [5, 5.41) is 0.938. The Kier molecular flexibility index (Phi) is 2.93. The minimum Gasteiger partial charge on any atom is -0.369 e. The van der Waals surface area contributed by atoms with E-state index in [1.807, 2.05) is 35.2 Å². The normalized spacial score (nSPS) is 19.1. The first kappa shape index (κ1) is 11.5. The van der Waals surface area contributed by atoms with Gasteiger partial charge in [0.1, 0.15) is 15.4 Å². The van der Waals surface area contributed by atoms with Gasteiger partial charge in [-0.1, -0.05) is 29.8 Å². The fraction of sp³-hybridized carbons (Fsp3) is 0.167.